The molecular weight excluding hydrogens is 570 g/mol. The van der Waals surface area contributed by atoms with E-state index in [9.17, 15) is 29.6 Å². The predicted molar refractivity (Wildman–Crippen MR) is 146 cm³/mol. The van der Waals surface area contributed by atoms with Crippen LogP contribution in [0.25, 0.3) is 0 Å². The second-order valence-corrected chi connectivity index (χ2v) is 11.7. The molecule has 2 saturated heterocycles. The Kier molecular flexibility index (Phi) is 15.4. The minimum absolute atomic E-state index is 0.149. The summed E-state index contributed by atoms with van der Waals surface area (Å²) in [5.74, 6) is -0.771. The number of thiocarbonyl (C=S) groups is 1. The smallest absolute Gasteiger partial charge is 0.394 e. The van der Waals surface area contributed by atoms with Gasteiger partial charge in [0.15, 0.2) is 6.29 Å². The zero-order chi connectivity index (χ0) is 29.9. The van der Waals surface area contributed by atoms with Crippen molar-refractivity contribution >= 4 is 38.8 Å². The quantitative estimate of drug-likeness (QED) is 0.0512. The molecule has 230 valence electrons. The normalized spacial score (nSPS) is 33.8. The molecule has 6 N–H and O–H groups in total. The SMILES string of the molecule is [B][C@@H]1O[C@H](COC)C(OP(=O)(O)OC)[C@@H]1CCCNC(=S)CCCCO[C@@H]1O[C@H](CO)[C@H](O)[C@H](O)[C@H]1NC(C)=O. The summed E-state index contributed by atoms with van der Waals surface area (Å²) in [6.45, 7) is 1.71. The average Bonchev–Trinajstić information content (AvgIpc) is 3.18. The molecule has 0 aromatic carbocycles. The predicted octanol–water partition coefficient (Wildman–Crippen LogP) is -0.898. The number of ether oxygens (including phenoxy) is 4. The van der Waals surface area contributed by atoms with E-state index in [0.717, 1.165) is 7.11 Å². The molecule has 14 nitrogen and oxygen atoms in total. The van der Waals surface area contributed by atoms with E-state index in [0.29, 0.717) is 43.6 Å². The molecule has 0 aromatic heterocycles. The molecule has 1 amide bonds. The van der Waals surface area contributed by atoms with Gasteiger partial charge in [-0.2, -0.15) is 0 Å². The van der Waals surface area contributed by atoms with E-state index >= 15 is 0 Å². The van der Waals surface area contributed by atoms with Crippen molar-refractivity contribution in [1.82, 2.24) is 10.6 Å². The number of nitrogens with one attached hydrogen (secondary N) is 2. The summed E-state index contributed by atoms with van der Waals surface area (Å²) in [5, 5.41) is 35.5. The van der Waals surface area contributed by atoms with E-state index in [1.54, 1.807) is 0 Å². The Morgan fingerprint density at radius 3 is 2.48 bits per heavy atom. The summed E-state index contributed by atoms with van der Waals surface area (Å²) >= 11 is 5.40. The van der Waals surface area contributed by atoms with Crippen molar-refractivity contribution in [3.05, 3.63) is 0 Å². The van der Waals surface area contributed by atoms with Gasteiger partial charge in [0.25, 0.3) is 0 Å². The number of hydrogen-bond acceptors (Lipinski definition) is 12. The van der Waals surface area contributed by atoms with Crippen LogP contribution in [-0.4, -0.2) is 128 Å². The maximum Gasteiger partial charge on any atom is 0.472 e. The van der Waals surface area contributed by atoms with Crippen LogP contribution in [-0.2, 0) is 37.4 Å². The van der Waals surface area contributed by atoms with Crippen molar-refractivity contribution in [2.75, 3.05) is 40.6 Å². The van der Waals surface area contributed by atoms with Crippen molar-refractivity contribution in [2.24, 2.45) is 5.92 Å². The molecule has 10 atom stereocenters. The first-order valence-corrected chi connectivity index (χ1v) is 15.1. The van der Waals surface area contributed by atoms with Gasteiger partial charge in [-0.25, -0.2) is 4.57 Å². The van der Waals surface area contributed by atoms with Gasteiger partial charge in [0.2, 0.25) is 5.91 Å². The van der Waals surface area contributed by atoms with Crippen LogP contribution in [0.2, 0.25) is 0 Å². The van der Waals surface area contributed by atoms with Gasteiger partial charge in [-0.3, -0.25) is 13.8 Å². The van der Waals surface area contributed by atoms with Gasteiger partial charge in [-0.05, 0) is 32.1 Å². The molecule has 0 saturated carbocycles. The Morgan fingerprint density at radius 1 is 1.12 bits per heavy atom. The molecule has 2 unspecified atom stereocenters. The maximum atomic E-state index is 12.0. The highest BCUT2D eigenvalue weighted by molar-refractivity contribution is 7.80. The Labute approximate surface area is 241 Å². The van der Waals surface area contributed by atoms with Gasteiger partial charge in [0.1, 0.15) is 44.4 Å². The van der Waals surface area contributed by atoms with Crippen molar-refractivity contribution in [3.8, 4) is 0 Å². The number of phosphoric ester groups is 1. The number of aliphatic hydroxyl groups excluding tert-OH is 3. The lowest BCUT2D eigenvalue weighted by Crippen LogP contribution is -2.64. The minimum Gasteiger partial charge on any atom is -0.394 e. The lowest BCUT2D eigenvalue weighted by molar-refractivity contribution is -0.270. The second-order valence-electron chi connectivity index (χ2n) is 9.73. The fourth-order valence-electron chi connectivity index (χ4n) is 4.67. The molecule has 0 aliphatic carbocycles. The Hall–Kier alpha value is -0.745. The largest absolute Gasteiger partial charge is 0.472 e. The summed E-state index contributed by atoms with van der Waals surface area (Å²) in [4.78, 5) is 21.9. The number of methoxy groups -OCH3 is 1. The zero-order valence-corrected chi connectivity index (χ0v) is 24.8. The van der Waals surface area contributed by atoms with Crippen molar-refractivity contribution < 1.29 is 57.6 Å². The Bertz CT molecular complexity index is 848. The van der Waals surface area contributed by atoms with Gasteiger partial charge in [0.05, 0.1) is 18.2 Å². The lowest BCUT2D eigenvalue weighted by atomic mass is 9.82. The van der Waals surface area contributed by atoms with Crippen LogP contribution >= 0.6 is 20.0 Å². The van der Waals surface area contributed by atoms with E-state index in [1.807, 2.05) is 0 Å². The second kappa shape index (κ2) is 17.4. The number of carbonyl (C=O) groups is 1. The molecule has 2 fully saturated rings. The highest BCUT2D eigenvalue weighted by atomic mass is 32.1. The number of amides is 1. The van der Waals surface area contributed by atoms with Crippen molar-refractivity contribution in [1.29, 1.82) is 0 Å². The first kappa shape index (κ1) is 35.5. The monoisotopic (exact) mass is 612 g/mol. The van der Waals surface area contributed by atoms with Crippen LogP contribution in [0.1, 0.15) is 39.0 Å². The number of aliphatic hydroxyl groups is 3. The third-order valence-electron chi connectivity index (χ3n) is 6.73. The van der Waals surface area contributed by atoms with Gasteiger partial charge in [-0.15, -0.1) is 0 Å². The fourth-order valence-corrected chi connectivity index (χ4v) is 5.60. The molecular formula is C23H42BN2O12PS. The number of unbranched alkanes of at least 4 members (excludes halogenated alkanes) is 1. The van der Waals surface area contributed by atoms with E-state index in [4.69, 9.17) is 43.5 Å². The molecule has 40 heavy (non-hydrogen) atoms. The summed E-state index contributed by atoms with van der Waals surface area (Å²) in [5.41, 5.74) is 0. The minimum atomic E-state index is -4.25. The zero-order valence-electron chi connectivity index (χ0n) is 23.0. The van der Waals surface area contributed by atoms with Crippen LogP contribution in [0.3, 0.4) is 0 Å². The summed E-state index contributed by atoms with van der Waals surface area (Å²) in [7, 11) is 4.43. The highest BCUT2D eigenvalue weighted by Crippen LogP contribution is 2.48. The van der Waals surface area contributed by atoms with Crippen LogP contribution in [0.5, 0.6) is 0 Å². The van der Waals surface area contributed by atoms with E-state index in [1.165, 1.54) is 14.0 Å². The van der Waals surface area contributed by atoms with Crippen molar-refractivity contribution in [3.63, 3.8) is 0 Å². The molecule has 0 bridgehead atoms. The lowest BCUT2D eigenvalue weighted by Gasteiger charge is -2.42. The standard InChI is InChI=1S/C23H42BN2O12PS/c1-13(28)26-18-20(30)19(29)15(11-27)37-23(18)35-10-5-4-8-17(40)25-9-6-7-14-21(38-39(31,32)34-3)16(12-33-2)36-22(14)24/h14-16,18-23,27,29-30H,4-12H2,1-3H3,(H,25,40)(H,26,28)(H,31,32)/t14-,15+,16+,18+,19-,20+,21?,22+,23+/m0/s1. The van der Waals surface area contributed by atoms with E-state index < -0.39 is 69.2 Å². The van der Waals surface area contributed by atoms with Crippen LogP contribution < -0.4 is 10.6 Å². The van der Waals surface area contributed by atoms with Gasteiger partial charge >= 0.3 is 7.82 Å². The highest BCUT2D eigenvalue weighted by Gasteiger charge is 2.46. The summed E-state index contributed by atoms with van der Waals surface area (Å²) in [6.07, 6.45) is -3.08. The molecule has 2 rings (SSSR count). The maximum absolute atomic E-state index is 12.0. The fraction of sp³-hybridized carbons (Fsp3) is 0.913. The third-order valence-corrected chi connectivity index (χ3v) is 8.05. The molecule has 2 heterocycles. The van der Waals surface area contributed by atoms with Gasteiger partial charge in [-0.1, -0.05) is 12.2 Å². The van der Waals surface area contributed by atoms with Crippen molar-refractivity contribution in [2.45, 2.75) is 87.9 Å². The Balaban J connectivity index is 1.71. The third kappa shape index (κ3) is 10.8. The van der Waals surface area contributed by atoms with Crippen LogP contribution in [0.15, 0.2) is 0 Å². The molecule has 0 spiro atoms. The molecule has 2 radical (unpaired) electrons. The molecule has 17 heteroatoms. The van der Waals surface area contributed by atoms with E-state index in [2.05, 4.69) is 15.2 Å². The molecule has 2 aliphatic rings. The summed E-state index contributed by atoms with van der Waals surface area (Å²) in [6, 6.07) is -1.67. The Morgan fingerprint density at radius 2 is 1.85 bits per heavy atom. The summed E-state index contributed by atoms with van der Waals surface area (Å²) < 4.78 is 43.9. The number of carbonyl (C=O) groups excluding carboxylic acids is 1. The average molecular weight is 612 g/mol. The number of hydrogen-bond donors (Lipinski definition) is 6. The number of rotatable bonds is 17. The topological polar surface area (TPSA) is 194 Å². The molecule has 2 aliphatic heterocycles. The van der Waals surface area contributed by atoms with Crippen LogP contribution in [0, 0.1) is 5.92 Å². The van der Waals surface area contributed by atoms with Crippen LogP contribution in [0.4, 0.5) is 0 Å². The van der Waals surface area contributed by atoms with Gasteiger partial charge in [0, 0.05) is 46.2 Å². The van der Waals surface area contributed by atoms with Gasteiger partial charge < -0.3 is 49.8 Å². The first-order chi connectivity index (χ1) is 18.9. The first-order valence-electron chi connectivity index (χ1n) is 13.2. The van der Waals surface area contributed by atoms with E-state index in [-0.39, 0.29) is 19.1 Å². The molecule has 0 aromatic rings. The number of phosphoric acid groups is 1.